The lowest BCUT2D eigenvalue weighted by Crippen LogP contribution is -2.36. The van der Waals surface area contributed by atoms with Crippen molar-refractivity contribution in [2.24, 2.45) is 0 Å². The van der Waals surface area contributed by atoms with Gasteiger partial charge in [-0.15, -0.1) is 11.6 Å². The van der Waals surface area contributed by atoms with Crippen LogP contribution in [-0.4, -0.2) is 24.2 Å². The predicted molar refractivity (Wildman–Crippen MR) is 58.8 cm³/mol. The van der Waals surface area contributed by atoms with Crippen LogP contribution < -0.4 is 10.6 Å². The summed E-state index contributed by atoms with van der Waals surface area (Å²) in [5.74, 6) is -1.09. The molecule has 0 spiro atoms. The fourth-order valence-electron chi connectivity index (χ4n) is 0.950. The summed E-state index contributed by atoms with van der Waals surface area (Å²) in [5.41, 5.74) is 0.587. The van der Waals surface area contributed by atoms with Gasteiger partial charge < -0.3 is 10.6 Å². The van der Waals surface area contributed by atoms with Gasteiger partial charge in [0.05, 0.1) is 0 Å². The zero-order valence-corrected chi connectivity index (χ0v) is 8.75. The number of halogens is 1. The topological polar surface area (TPSA) is 58.2 Å². The van der Waals surface area contributed by atoms with E-state index in [0.29, 0.717) is 5.69 Å². The van der Waals surface area contributed by atoms with Crippen LogP contribution in [-0.2, 0) is 9.59 Å². The number of carbonyl (C=O) groups excluding carboxylic acids is 2. The summed E-state index contributed by atoms with van der Waals surface area (Å²) in [4.78, 5) is 22.4. The minimum atomic E-state index is -0.689. The van der Waals surface area contributed by atoms with E-state index in [0.717, 1.165) is 0 Å². The quantitative estimate of drug-likeness (QED) is 0.596. The summed E-state index contributed by atoms with van der Waals surface area (Å²) < 4.78 is 0. The Labute approximate surface area is 92.6 Å². The molecule has 0 aliphatic heterocycles. The van der Waals surface area contributed by atoms with Crippen LogP contribution in [0.3, 0.4) is 0 Å². The second-order valence-electron chi connectivity index (χ2n) is 2.77. The van der Waals surface area contributed by atoms with E-state index < -0.39 is 11.8 Å². The number of para-hydroxylation sites is 1. The van der Waals surface area contributed by atoms with Crippen LogP contribution in [0.25, 0.3) is 0 Å². The number of amides is 2. The molecule has 4 nitrogen and oxygen atoms in total. The predicted octanol–water partition coefficient (Wildman–Crippen LogP) is 0.980. The maximum atomic E-state index is 11.3. The molecule has 5 heteroatoms. The van der Waals surface area contributed by atoms with Gasteiger partial charge in [-0.05, 0) is 12.1 Å². The molecule has 0 fully saturated rings. The molecule has 15 heavy (non-hydrogen) atoms. The maximum Gasteiger partial charge on any atom is 0.313 e. The molecular weight excluding hydrogens is 216 g/mol. The molecule has 0 bridgehead atoms. The molecule has 0 saturated heterocycles. The Morgan fingerprint density at radius 3 is 2.40 bits per heavy atom. The molecule has 0 radical (unpaired) electrons. The first-order chi connectivity index (χ1) is 7.24. The fourth-order valence-corrected chi connectivity index (χ4v) is 1.04. The van der Waals surface area contributed by atoms with Crippen molar-refractivity contribution in [1.29, 1.82) is 0 Å². The maximum absolute atomic E-state index is 11.3. The van der Waals surface area contributed by atoms with Crippen molar-refractivity contribution in [2.75, 3.05) is 17.7 Å². The molecule has 80 valence electrons. The van der Waals surface area contributed by atoms with Gasteiger partial charge in [-0.1, -0.05) is 18.2 Å². The van der Waals surface area contributed by atoms with Gasteiger partial charge in [0, 0.05) is 18.1 Å². The van der Waals surface area contributed by atoms with E-state index in [4.69, 9.17) is 11.6 Å². The molecule has 0 atom stereocenters. The number of rotatable bonds is 3. The summed E-state index contributed by atoms with van der Waals surface area (Å²) in [6.07, 6.45) is 0. The van der Waals surface area contributed by atoms with Crippen LogP contribution in [0.1, 0.15) is 0 Å². The van der Waals surface area contributed by atoms with E-state index in [2.05, 4.69) is 10.6 Å². The second-order valence-corrected chi connectivity index (χ2v) is 3.14. The monoisotopic (exact) mass is 226 g/mol. The molecule has 0 aliphatic carbocycles. The van der Waals surface area contributed by atoms with Crippen LogP contribution in [0, 0.1) is 0 Å². The fraction of sp³-hybridized carbons (Fsp3) is 0.200. The highest BCUT2D eigenvalue weighted by atomic mass is 35.5. The van der Waals surface area contributed by atoms with E-state index in [1.54, 1.807) is 24.3 Å². The van der Waals surface area contributed by atoms with Crippen molar-refractivity contribution >= 4 is 29.1 Å². The number of benzene rings is 1. The first kappa shape index (κ1) is 11.5. The van der Waals surface area contributed by atoms with Gasteiger partial charge in [0.25, 0.3) is 0 Å². The number of anilines is 1. The Morgan fingerprint density at radius 2 is 1.80 bits per heavy atom. The SMILES string of the molecule is O=C(NCCCl)C(=O)Nc1ccccc1. The highest BCUT2D eigenvalue weighted by Gasteiger charge is 2.11. The first-order valence-corrected chi connectivity index (χ1v) is 4.97. The van der Waals surface area contributed by atoms with Gasteiger partial charge in [-0.2, -0.15) is 0 Å². The molecule has 1 rings (SSSR count). The summed E-state index contributed by atoms with van der Waals surface area (Å²) >= 11 is 5.36. The average Bonchev–Trinajstić information content (AvgIpc) is 2.27. The molecule has 0 aliphatic rings. The number of carbonyl (C=O) groups is 2. The standard InChI is InChI=1S/C10H11ClN2O2/c11-6-7-12-9(14)10(15)13-8-4-2-1-3-5-8/h1-5H,6-7H2,(H,12,14)(H,13,15). The Balaban J connectivity index is 2.45. The van der Waals surface area contributed by atoms with Crippen molar-refractivity contribution in [1.82, 2.24) is 5.32 Å². The van der Waals surface area contributed by atoms with Gasteiger partial charge in [0.15, 0.2) is 0 Å². The summed E-state index contributed by atoms with van der Waals surface area (Å²) in [5, 5.41) is 4.83. The minimum Gasteiger partial charge on any atom is -0.347 e. The van der Waals surface area contributed by atoms with Crippen molar-refractivity contribution in [2.45, 2.75) is 0 Å². The number of alkyl halides is 1. The number of nitrogens with one attached hydrogen (secondary N) is 2. The zero-order valence-electron chi connectivity index (χ0n) is 8.00. The lowest BCUT2D eigenvalue weighted by molar-refractivity contribution is -0.136. The van der Waals surface area contributed by atoms with Gasteiger partial charge in [0.2, 0.25) is 0 Å². The van der Waals surface area contributed by atoms with Crippen molar-refractivity contribution in [3.05, 3.63) is 30.3 Å². The Morgan fingerprint density at radius 1 is 1.13 bits per heavy atom. The van der Waals surface area contributed by atoms with Gasteiger partial charge in [-0.3, -0.25) is 9.59 Å². The smallest absolute Gasteiger partial charge is 0.313 e. The average molecular weight is 227 g/mol. The van der Waals surface area contributed by atoms with E-state index in [-0.39, 0.29) is 12.4 Å². The summed E-state index contributed by atoms with van der Waals surface area (Å²) in [6, 6.07) is 8.77. The highest BCUT2D eigenvalue weighted by molar-refractivity contribution is 6.39. The molecule has 2 N–H and O–H groups in total. The summed E-state index contributed by atoms with van der Waals surface area (Å²) in [6.45, 7) is 0.280. The minimum absolute atomic E-state index is 0.280. The van der Waals surface area contributed by atoms with Crippen LogP contribution in [0.4, 0.5) is 5.69 Å². The van der Waals surface area contributed by atoms with E-state index in [9.17, 15) is 9.59 Å². The van der Waals surface area contributed by atoms with Crippen LogP contribution in [0.2, 0.25) is 0 Å². The van der Waals surface area contributed by atoms with E-state index in [1.807, 2.05) is 6.07 Å². The van der Waals surface area contributed by atoms with Crippen LogP contribution in [0.15, 0.2) is 30.3 Å². The molecule has 0 unspecified atom stereocenters. The van der Waals surface area contributed by atoms with Gasteiger partial charge in [0.1, 0.15) is 0 Å². The summed E-state index contributed by atoms with van der Waals surface area (Å²) in [7, 11) is 0. The van der Waals surface area contributed by atoms with E-state index >= 15 is 0 Å². The third-order valence-corrected chi connectivity index (χ3v) is 1.81. The zero-order chi connectivity index (χ0) is 11.1. The molecular formula is C10H11ClN2O2. The molecule has 0 heterocycles. The Hall–Kier alpha value is -1.55. The Kier molecular flexibility index (Phi) is 4.63. The molecule has 0 saturated carbocycles. The third-order valence-electron chi connectivity index (χ3n) is 1.62. The molecule has 1 aromatic carbocycles. The third kappa shape index (κ3) is 3.99. The molecule has 2 amide bonds. The first-order valence-electron chi connectivity index (χ1n) is 4.44. The number of hydrogen-bond donors (Lipinski definition) is 2. The highest BCUT2D eigenvalue weighted by Crippen LogP contribution is 2.04. The van der Waals surface area contributed by atoms with Crippen molar-refractivity contribution in [3.63, 3.8) is 0 Å². The van der Waals surface area contributed by atoms with Gasteiger partial charge in [-0.25, -0.2) is 0 Å². The Bertz CT molecular complexity index is 341. The number of hydrogen-bond acceptors (Lipinski definition) is 2. The van der Waals surface area contributed by atoms with Gasteiger partial charge >= 0.3 is 11.8 Å². The molecule has 0 aromatic heterocycles. The van der Waals surface area contributed by atoms with Crippen LogP contribution in [0.5, 0.6) is 0 Å². The normalized spacial score (nSPS) is 9.40. The largest absolute Gasteiger partial charge is 0.347 e. The lowest BCUT2D eigenvalue weighted by atomic mass is 10.3. The van der Waals surface area contributed by atoms with Crippen molar-refractivity contribution in [3.8, 4) is 0 Å². The van der Waals surface area contributed by atoms with Crippen LogP contribution >= 0.6 is 11.6 Å². The lowest BCUT2D eigenvalue weighted by Gasteiger charge is -2.04. The van der Waals surface area contributed by atoms with E-state index in [1.165, 1.54) is 0 Å². The molecule has 1 aromatic rings. The second kappa shape index (κ2) is 6.03. The van der Waals surface area contributed by atoms with Crippen molar-refractivity contribution < 1.29 is 9.59 Å².